The van der Waals surface area contributed by atoms with E-state index in [0.29, 0.717) is 10.0 Å². The number of halogens is 3. The highest BCUT2D eigenvalue weighted by molar-refractivity contribution is 6.42. The highest BCUT2D eigenvalue weighted by Crippen LogP contribution is 2.48. The van der Waals surface area contributed by atoms with Crippen molar-refractivity contribution in [3.05, 3.63) is 110 Å². The van der Waals surface area contributed by atoms with Crippen molar-refractivity contribution in [1.29, 1.82) is 0 Å². The molecule has 3 heteroatoms. The van der Waals surface area contributed by atoms with Gasteiger partial charge in [0.25, 0.3) is 0 Å². The van der Waals surface area contributed by atoms with E-state index in [4.69, 9.17) is 23.2 Å². The van der Waals surface area contributed by atoms with E-state index in [0.717, 1.165) is 16.7 Å². The zero-order valence-electron chi connectivity index (χ0n) is 14.5. The molecule has 0 saturated carbocycles. The molecule has 0 fully saturated rings. The molecule has 130 valence electrons. The first-order chi connectivity index (χ1) is 12.4. The van der Waals surface area contributed by atoms with Crippen LogP contribution in [0.5, 0.6) is 0 Å². The second-order valence-electron chi connectivity index (χ2n) is 6.95. The minimum Gasteiger partial charge on any atom is -0.207 e. The average molecular weight is 383 g/mol. The second-order valence-corrected chi connectivity index (χ2v) is 7.76. The fourth-order valence-corrected chi connectivity index (χ4v) is 4.00. The standard InChI is InChI=1S/C23H17Cl2F/c1-14-3-9-20-18(11-14)19(15-4-7-17(26)8-5-15)13-23(20,2)16-6-10-21(24)22(25)12-16/h3-13H,1-2H3. The largest absolute Gasteiger partial charge is 0.207 e. The monoisotopic (exact) mass is 382 g/mol. The van der Waals surface area contributed by atoms with E-state index in [1.165, 1.54) is 28.8 Å². The molecule has 1 aliphatic rings. The maximum absolute atomic E-state index is 13.4. The Morgan fingerprint density at radius 1 is 0.846 bits per heavy atom. The highest BCUT2D eigenvalue weighted by atomic mass is 35.5. The molecule has 26 heavy (non-hydrogen) atoms. The molecule has 0 saturated heterocycles. The second kappa shape index (κ2) is 6.26. The zero-order valence-corrected chi connectivity index (χ0v) is 16.0. The summed E-state index contributed by atoms with van der Waals surface area (Å²) in [5.41, 5.74) is 6.43. The van der Waals surface area contributed by atoms with Crippen LogP contribution in [0.1, 0.15) is 34.7 Å². The number of allylic oxidation sites excluding steroid dienone is 1. The molecular formula is C23H17Cl2F. The fourth-order valence-electron chi connectivity index (χ4n) is 3.70. The molecule has 0 aromatic heterocycles. The molecule has 0 N–H and O–H groups in total. The zero-order chi connectivity index (χ0) is 18.5. The van der Waals surface area contributed by atoms with Crippen molar-refractivity contribution in [2.24, 2.45) is 0 Å². The van der Waals surface area contributed by atoms with Gasteiger partial charge in [0.15, 0.2) is 0 Å². The van der Waals surface area contributed by atoms with Gasteiger partial charge in [0.05, 0.1) is 10.0 Å². The predicted molar refractivity (Wildman–Crippen MR) is 108 cm³/mol. The Kier molecular flexibility index (Phi) is 4.17. The SMILES string of the molecule is Cc1ccc2c(c1)C(c1ccc(F)cc1)=CC2(C)c1ccc(Cl)c(Cl)c1. The summed E-state index contributed by atoms with van der Waals surface area (Å²) in [6, 6.07) is 18.9. The molecule has 0 spiro atoms. The maximum atomic E-state index is 13.4. The van der Waals surface area contributed by atoms with Crippen LogP contribution < -0.4 is 0 Å². The van der Waals surface area contributed by atoms with E-state index in [1.54, 1.807) is 0 Å². The Labute approximate surface area is 162 Å². The van der Waals surface area contributed by atoms with Gasteiger partial charge in [-0.2, -0.15) is 0 Å². The van der Waals surface area contributed by atoms with Gasteiger partial charge in [0.1, 0.15) is 5.82 Å². The van der Waals surface area contributed by atoms with E-state index in [9.17, 15) is 4.39 Å². The fraction of sp³-hybridized carbons (Fsp3) is 0.130. The predicted octanol–water partition coefficient (Wildman–Crippen LogP) is 7.19. The van der Waals surface area contributed by atoms with Crippen molar-refractivity contribution < 1.29 is 4.39 Å². The van der Waals surface area contributed by atoms with Crippen LogP contribution in [0.15, 0.2) is 66.7 Å². The Morgan fingerprint density at radius 2 is 1.58 bits per heavy atom. The van der Waals surface area contributed by atoms with Gasteiger partial charge in [0.2, 0.25) is 0 Å². The third-order valence-corrected chi connectivity index (χ3v) is 5.87. The number of aryl methyl sites for hydroxylation is 1. The number of rotatable bonds is 2. The van der Waals surface area contributed by atoms with Crippen LogP contribution in [0.25, 0.3) is 5.57 Å². The highest BCUT2D eigenvalue weighted by Gasteiger charge is 2.36. The molecule has 1 unspecified atom stereocenters. The van der Waals surface area contributed by atoms with E-state index >= 15 is 0 Å². The lowest BCUT2D eigenvalue weighted by Gasteiger charge is -2.25. The molecule has 0 radical (unpaired) electrons. The number of hydrogen-bond acceptors (Lipinski definition) is 0. The number of hydrogen-bond donors (Lipinski definition) is 0. The Balaban J connectivity index is 1.95. The molecule has 0 nitrogen and oxygen atoms in total. The van der Waals surface area contributed by atoms with Crippen LogP contribution in [-0.4, -0.2) is 0 Å². The van der Waals surface area contributed by atoms with Gasteiger partial charge in [0, 0.05) is 5.41 Å². The smallest absolute Gasteiger partial charge is 0.123 e. The van der Waals surface area contributed by atoms with Crippen molar-refractivity contribution in [1.82, 2.24) is 0 Å². The lowest BCUT2D eigenvalue weighted by atomic mass is 9.78. The van der Waals surface area contributed by atoms with Crippen molar-refractivity contribution >= 4 is 28.8 Å². The molecule has 4 rings (SSSR count). The van der Waals surface area contributed by atoms with Gasteiger partial charge < -0.3 is 0 Å². The van der Waals surface area contributed by atoms with Crippen LogP contribution in [-0.2, 0) is 5.41 Å². The molecule has 0 bridgehead atoms. The van der Waals surface area contributed by atoms with Gasteiger partial charge in [-0.1, -0.05) is 71.2 Å². The molecule has 1 atom stereocenters. The average Bonchev–Trinajstić information content (AvgIpc) is 2.91. The van der Waals surface area contributed by atoms with Gasteiger partial charge in [-0.05, 0) is 65.9 Å². The summed E-state index contributed by atoms with van der Waals surface area (Å²) < 4.78 is 13.4. The van der Waals surface area contributed by atoms with Crippen LogP contribution in [0, 0.1) is 12.7 Å². The van der Waals surface area contributed by atoms with Gasteiger partial charge >= 0.3 is 0 Å². The molecular weight excluding hydrogens is 366 g/mol. The van der Waals surface area contributed by atoms with Crippen molar-refractivity contribution in [2.75, 3.05) is 0 Å². The summed E-state index contributed by atoms with van der Waals surface area (Å²) in [5, 5.41) is 1.09. The molecule has 0 heterocycles. The van der Waals surface area contributed by atoms with Crippen LogP contribution in [0.3, 0.4) is 0 Å². The lowest BCUT2D eigenvalue weighted by molar-refractivity contribution is 0.627. The first-order valence-corrected chi connectivity index (χ1v) is 9.20. The van der Waals surface area contributed by atoms with E-state index in [2.05, 4.69) is 38.1 Å². The molecule has 3 aromatic carbocycles. The van der Waals surface area contributed by atoms with Crippen LogP contribution in [0.4, 0.5) is 4.39 Å². The summed E-state index contributed by atoms with van der Waals surface area (Å²) in [7, 11) is 0. The Bertz CT molecular complexity index is 1030. The third kappa shape index (κ3) is 2.76. The summed E-state index contributed by atoms with van der Waals surface area (Å²) in [6.07, 6.45) is 2.24. The first-order valence-electron chi connectivity index (χ1n) is 8.44. The number of benzene rings is 3. The van der Waals surface area contributed by atoms with E-state index in [-0.39, 0.29) is 11.2 Å². The summed E-state index contributed by atoms with van der Waals surface area (Å²) >= 11 is 12.4. The van der Waals surface area contributed by atoms with E-state index < -0.39 is 0 Å². The Morgan fingerprint density at radius 3 is 2.27 bits per heavy atom. The topological polar surface area (TPSA) is 0 Å². The summed E-state index contributed by atoms with van der Waals surface area (Å²) in [6.45, 7) is 4.26. The van der Waals surface area contributed by atoms with Crippen LogP contribution in [0.2, 0.25) is 10.0 Å². The quantitative estimate of drug-likeness (QED) is 0.439. The maximum Gasteiger partial charge on any atom is 0.123 e. The van der Waals surface area contributed by atoms with Gasteiger partial charge in [-0.3, -0.25) is 0 Å². The molecule has 1 aliphatic carbocycles. The Hall–Kier alpha value is -2.09. The minimum absolute atomic E-state index is 0.232. The third-order valence-electron chi connectivity index (χ3n) is 5.13. The number of fused-ring (bicyclic) bond motifs is 1. The van der Waals surface area contributed by atoms with Gasteiger partial charge in [-0.15, -0.1) is 0 Å². The summed E-state index contributed by atoms with van der Waals surface area (Å²) in [4.78, 5) is 0. The van der Waals surface area contributed by atoms with Crippen LogP contribution >= 0.6 is 23.2 Å². The van der Waals surface area contributed by atoms with Crippen molar-refractivity contribution in [3.8, 4) is 0 Å². The normalized spacial score (nSPS) is 18.6. The van der Waals surface area contributed by atoms with Crippen molar-refractivity contribution in [2.45, 2.75) is 19.3 Å². The van der Waals surface area contributed by atoms with Crippen molar-refractivity contribution in [3.63, 3.8) is 0 Å². The van der Waals surface area contributed by atoms with E-state index in [1.807, 2.05) is 30.3 Å². The van der Waals surface area contributed by atoms with Gasteiger partial charge in [-0.25, -0.2) is 4.39 Å². The molecule has 0 aliphatic heterocycles. The molecule has 3 aromatic rings. The molecule has 0 amide bonds. The lowest BCUT2D eigenvalue weighted by Crippen LogP contribution is -2.18. The summed E-state index contributed by atoms with van der Waals surface area (Å²) in [5.74, 6) is -0.232. The first kappa shape index (κ1) is 17.3. The minimum atomic E-state index is -0.332.